The number of rotatable bonds is 3. The molecule has 0 saturated heterocycles. The maximum atomic E-state index is 6.64. The van der Waals surface area contributed by atoms with Crippen molar-refractivity contribution in [1.29, 1.82) is 0 Å². The SMILES string of the molecule is [C-]#[N+]CCc1c(C)noc1OC. The molecule has 1 aromatic rings. The van der Waals surface area contributed by atoms with Crippen LogP contribution in [0.25, 0.3) is 4.85 Å². The van der Waals surface area contributed by atoms with Gasteiger partial charge in [0.2, 0.25) is 6.54 Å². The second-order valence-electron chi connectivity index (χ2n) is 2.37. The lowest BCUT2D eigenvalue weighted by molar-refractivity contribution is 0.257. The molecule has 0 bridgehead atoms. The van der Waals surface area contributed by atoms with E-state index >= 15 is 0 Å². The van der Waals surface area contributed by atoms with Crippen LogP contribution in [0.4, 0.5) is 0 Å². The third kappa shape index (κ3) is 1.56. The largest absolute Gasteiger partial charge is 0.467 e. The Labute approximate surface area is 70.9 Å². The smallest absolute Gasteiger partial charge is 0.314 e. The van der Waals surface area contributed by atoms with Gasteiger partial charge in [0.05, 0.1) is 24.8 Å². The highest BCUT2D eigenvalue weighted by atomic mass is 16.6. The molecule has 1 heterocycles. The summed E-state index contributed by atoms with van der Waals surface area (Å²) in [7, 11) is 1.53. The van der Waals surface area contributed by atoms with Gasteiger partial charge in [-0.3, -0.25) is 0 Å². The molecule has 0 amide bonds. The summed E-state index contributed by atoms with van der Waals surface area (Å²) in [6.07, 6.45) is 0.641. The van der Waals surface area contributed by atoms with Crippen LogP contribution < -0.4 is 4.74 Å². The highest BCUT2D eigenvalue weighted by Gasteiger charge is 2.13. The first-order chi connectivity index (χ1) is 5.79. The fourth-order valence-electron chi connectivity index (χ4n) is 0.979. The first kappa shape index (κ1) is 8.60. The van der Waals surface area contributed by atoms with E-state index in [0.717, 1.165) is 11.3 Å². The number of nitrogens with zero attached hydrogens (tertiary/aromatic N) is 2. The van der Waals surface area contributed by atoms with Crippen LogP contribution in [0.15, 0.2) is 4.52 Å². The molecule has 0 atom stereocenters. The lowest BCUT2D eigenvalue weighted by atomic mass is 10.2. The number of methoxy groups -OCH3 is 1. The van der Waals surface area contributed by atoms with E-state index in [9.17, 15) is 0 Å². The zero-order valence-corrected chi connectivity index (χ0v) is 7.13. The van der Waals surface area contributed by atoms with Crippen molar-refractivity contribution in [1.82, 2.24) is 5.16 Å². The highest BCUT2D eigenvalue weighted by molar-refractivity contribution is 5.27. The first-order valence-corrected chi connectivity index (χ1v) is 3.62. The summed E-state index contributed by atoms with van der Waals surface area (Å²) in [6, 6.07) is 0. The summed E-state index contributed by atoms with van der Waals surface area (Å²) in [5.74, 6) is 0.427. The molecule has 0 aliphatic heterocycles. The van der Waals surface area contributed by atoms with Gasteiger partial charge in [-0.15, -0.1) is 0 Å². The van der Waals surface area contributed by atoms with Crippen LogP contribution in [-0.2, 0) is 6.42 Å². The van der Waals surface area contributed by atoms with Crippen LogP contribution in [0.1, 0.15) is 11.3 Å². The molecule has 4 heteroatoms. The molecule has 0 unspecified atom stereocenters. The lowest BCUT2D eigenvalue weighted by Gasteiger charge is -1.94. The lowest BCUT2D eigenvalue weighted by Crippen LogP contribution is -1.92. The minimum absolute atomic E-state index is 0.427. The van der Waals surface area contributed by atoms with Gasteiger partial charge in [0, 0.05) is 0 Å². The van der Waals surface area contributed by atoms with Crippen LogP contribution in [0, 0.1) is 13.5 Å². The monoisotopic (exact) mass is 166 g/mol. The molecule has 0 aliphatic carbocycles. The Morgan fingerprint density at radius 2 is 2.42 bits per heavy atom. The van der Waals surface area contributed by atoms with E-state index in [1.807, 2.05) is 6.92 Å². The standard InChI is InChI=1S/C8H10N2O2/c1-6-7(4-5-9-2)8(11-3)12-10-6/h4-5H2,1,3H3. The van der Waals surface area contributed by atoms with Crippen LogP contribution in [0.5, 0.6) is 5.95 Å². The third-order valence-electron chi connectivity index (χ3n) is 1.61. The zero-order valence-electron chi connectivity index (χ0n) is 7.13. The minimum Gasteiger partial charge on any atom is -0.467 e. The van der Waals surface area contributed by atoms with Gasteiger partial charge in [0.1, 0.15) is 0 Å². The van der Waals surface area contributed by atoms with Gasteiger partial charge in [-0.1, -0.05) is 5.16 Å². The topological polar surface area (TPSA) is 39.6 Å². The van der Waals surface area contributed by atoms with E-state index in [0.29, 0.717) is 18.9 Å². The van der Waals surface area contributed by atoms with Gasteiger partial charge in [-0.05, 0) is 6.92 Å². The van der Waals surface area contributed by atoms with E-state index in [-0.39, 0.29) is 0 Å². The molecule has 0 fully saturated rings. The van der Waals surface area contributed by atoms with Crippen molar-refractivity contribution in [2.45, 2.75) is 13.3 Å². The fourth-order valence-corrected chi connectivity index (χ4v) is 0.979. The number of hydrogen-bond donors (Lipinski definition) is 0. The van der Waals surface area contributed by atoms with Crippen LogP contribution in [0.2, 0.25) is 0 Å². The summed E-state index contributed by atoms with van der Waals surface area (Å²) in [4.78, 5) is 3.25. The summed E-state index contributed by atoms with van der Waals surface area (Å²) < 4.78 is 9.80. The Bertz CT molecular complexity index is 298. The number of aromatic nitrogens is 1. The first-order valence-electron chi connectivity index (χ1n) is 3.62. The minimum atomic E-state index is 0.427. The normalized spacial score (nSPS) is 9.42. The Hall–Kier alpha value is -1.50. The summed E-state index contributed by atoms with van der Waals surface area (Å²) in [6.45, 7) is 8.92. The molecule has 64 valence electrons. The van der Waals surface area contributed by atoms with E-state index in [4.69, 9.17) is 15.8 Å². The van der Waals surface area contributed by atoms with Crippen molar-refractivity contribution >= 4 is 0 Å². The molecule has 0 aliphatic rings. The van der Waals surface area contributed by atoms with Crippen molar-refractivity contribution < 1.29 is 9.26 Å². The summed E-state index contributed by atoms with van der Waals surface area (Å²) in [5.41, 5.74) is 1.70. The molecule has 0 N–H and O–H groups in total. The second-order valence-corrected chi connectivity index (χ2v) is 2.37. The molecule has 1 aromatic heterocycles. The van der Waals surface area contributed by atoms with Gasteiger partial charge >= 0.3 is 5.95 Å². The summed E-state index contributed by atoms with van der Waals surface area (Å²) in [5, 5.41) is 3.74. The Kier molecular flexibility index (Phi) is 2.70. The number of hydrogen-bond acceptors (Lipinski definition) is 3. The number of ether oxygens (including phenoxy) is 1. The van der Waals surface area contributed by atoms with E-state index in [1.54, 1.807) is 0 Å². The molecule has 0 spiro atoms. The van der Waals surface area contributed by atoms with Gasteiger partial charge in [-0.2, -0.15) is 0 Å². The number of aryl methyl sites for hydroxylation is 1. The van der Waals surface area contributed by atoms with Gasteiger partial charge in [0.25, 0.3) is 0 Å². The molecular weight excluding hydrogens is 156 g/mol. The van der Waals surface area contributed by atoms with E-state index in [2.05, 4.69) is 10.0 Å². The third-order valence-corrected chi connectivity index (χ3v) is 1.61. The van der Waals surface area contributed by atoms with Crippen molar-refractivity contribution in [3.63, 3.8) is 0 Å². The molecule has 0 aromatic carbocycles. The zero-order chi connectivity index (χ0) is 8.97. The van der Waals surface area contributed by atoms with Crippen LogP contribution in [0.3, 0.4) is 0 Å². The Morgan fingerprint density at radius 1 is 1.67 bits per heavy atom. The molecule has 0 radical (unpaired) electrons. The van der Waals surface area contributed by atoms with Crippen LogP contribution in [-0.4, -0.2) is 18.8 Å². The Balaban J connectivity index is 2.81. The van der Waals surface area contributed by atoms with Gasteiger partial charge < -0.3 is 14.1 Å². The van der Waals surface area contributed by atoms with Gasteiger partial charge in [-0.25, -0.2) is 6.57 Å². The maximum Gasteiger partial charge on any atom is 0.314 e. The quantitative estimate of drug-likeness (QED) is 0.638. The average molecular weight is 166 g/mol. The highest BCUT2D eigenvalue weighted by Crippen LogP contribution is 2.21. The van der Waals surface area contributed by atoms with Crippen LogP contribution >= 0.6 is 0 Å². The molecule has 12 heavy (non-hydrogen) atoms. The van der Waals surface area contributed by atoms with Crippen molar-refractivity contribution in [2.24, 2.45) is 0 Å². The van der Waals surface area contributed by atoms with Crippen molar-refractivity contribution in [2.75, 3.05) is 13.7 Å². The fraction of sp³-hybridized carbons (Fsp3) is 0.500. The molecule has 4 nitrogen and oxygen atoms in total. The molecule has 1 rings (SSSR count). The Morgan fingerprint density at radius 3 is 3.00 bits per heavy atom. The molecular formula is C8H10N2O2. The molecule has 0 saturated carbocycles. The predicted molar refractivity (Wildman–Crippen MR) is 43.0 cm³/mol. The average Bonchev–Trinajstić information content (AvgIpc) is 2.43. The maximum absolute atomic E-state index is 6.64. The van der Waals surface area contributed by atoms with Gasteiger partial charge in [0.15, 0.2) is 0 Å². The van der Waals surface area contributed by atoms with Crippen molar-refractivity contribution in [3.8, 4) is 5.95 Å². The van der Waals surface area contributed by atoms with Crippen molar-refractivity contribution in [3.05, 3.63) is 22.7 Å². The predicted octanol–water partition coefficient (Wildman–Crippen LogP) is 1.45. The van der Waals surface area contributed by atoms with E-state index < -0.39 is 0 Å². The second kappa shape index (κ2) is 3.77. The summed E-state index contributed by atoms with van der Waals surface area (Å²) >= 11 is 0. The van der Waals surface area contributed by atoms with E-state index in [1.165, 1.54) is 7.11 Å².